The summed E-state index contributed by atoms with van der Waals surface area (Å²) in [5.74, 6) is -1.66. The van der Waals surface area contributed by atoms with Crippen LogP contribution in [-0.4, -0.2) is 59.7 Å². The molecule has 1 aliphatic carbocycles. The SMILES string of the molecule is CC(=O)NC1CCC(C(=O)N2CCC(N(C)C(=O)c3ccc(Cl)c(C(F)(F)F)c3)C(c3ccc(F)cc3)C2)CC1. The van der Waals surface area contributed by atoms with E-state index in [2.05, 4.69) is 5.32 Å². The van der Waals surface area contributed by atoms with Gasteiger partial charge in [-0.15, -0.1) is 0 Å². The zero-order chi connectivity index (χ0) is 29.2. The number of piperidine rings is 1. The Morgan fingerprint density at radius 3 is 2.25 bits per heavy atom. The van der Waals surface area contributed by atoms with E-state index in [1.54, 1.807) is 17.0 Å². The second-order valence-electron chi connectivity index (χ2n) is 10.7. The van der Waals surface area contributed by atoms with E-state index < -0.39 is 34.5 Å². The van der Waals surface area contributed by atoms with Crippen molar-refractivity contribution in [2.24, 2.45) is 5.92 Å². The Balaban J connectivity index is 1.53. The molecule has 2 aromatic carbocycles. The van der Waals surface area contributed by atoms with E-state index in [0.29, 0.717) is 38.6 Å². The Kier molecular flexibility index (Phi) is 9.07. The first-order chi connectivity index (χ1) is 18.8. The summed E-state index contributed by atoms with van der Waals surface area (Å²) in [5.41, 5.74) is -0.506. The Morgan fingerprint density at radius 2 is 1.65 bits per heavy atom. The van der Waals surface area contributed by atoms with Crippen LogP contribution in [0.15, 0.2) is 42.5 Å². The molecule has 2 aromatic rings. The van der Waals surface area contributed by atoms with Gasteiger partial charge in [0.1, 0.15) is 5.82 Å². The number of nitrogens with zero attached hydrogens (tertiary/aromatic N) is 2. The average molecular weight is 582 g/mol. The number of benzene rings is 2. The molecule has 0 bridgehead atoms. The molecule has 1 aliphatic heterocycles. The number of amides is 3. The van der Waals surface area contributed by atoms with Gasteiger partial charge in [0.25, 0.3) is 5.91 Å². The Morgan fingerprint density at radius 1 is 1.00 bits per heavy atom. The van der Waals surface area contributed by atoms with Crippen molar-refractivity contribution in [3.8, 4) is 0 Å². The average Bonchev–Trinajstić information content (AvgIpc) is 2.92. The molecule has 2 aliphatic rings. The van der Waals surface area contributed by atoms with Crippen LogP contribution in [0, 0.1) is 11.7 Å². The van der Waals surface area contributed by atoms with E-state index in [4.69, 9.17) is 11.6 Å². The summed E-state index contributed by atoms with van der Waals surface area (Å²) in [6.07, 6.45) is -1.58. The molecule has 1 saturated heterocycles. The van der Waals surface area contributed by atoms with Gasteiger partial charge in [-0.2, -0.15) is 13.2 Å². The monoisotopic (exact) mass is 581 g/mol. The summed E-state index contributed by atoms with van der Waals surface area (Å²) in [4.78, 5) is 41.4. The molecule has 1 saturated carbocycles. The predicted octanol–water partition coefficient (Wildman–Crippen LogP) is 5.65. The number of likely N-dealkylation sites (tertiary alicyclic amines) is 1. The fourth-order valence-electron chi connectivity index (χ4n) is 5.90. The highest BCUT2D eigenvalue weighted by molar-refractivity contribution is 6.31. The molecule has 216 valence electrons. The smallest absolute Gasteiger partial charge is 0.354 e. The molecule has 0 radical (unpaired) electrons. The quantitative estimate of drug-likeness (QED) is 0.464. The number of carbonyl (C=O) groups is 3. The predicted molar refractivity (Wildman–Crippen MR) is 142 cm³/mol. The fraction of sp³-hybridized carbons (Fsp3) is 0.483. The highest BCUT2D eigenvalue weighted by Crippen LogP contribution is 2.37. The third-order valence-corrected chi connectivity index (χ3v) is 8.34. The molecule has 40 heavy (non-hydrogen) atoms. The molecule has 2 unspecified atom stereocenters. The topological polar surface area (TPSA) is 69.7 Å². The second-order valence-corrected chi connectivity index (χ2v) is 11.1. The van der Waals surface area contributed by atoms with E-state index in [-0.39, 0.29) is 41.8 Å². The highest BCUT2D eigenvalue weighted by Gasteiger charge is 2.40. The lowest BCUT2D eigenvalue weighted by atomic mass is 9.82. The molecule has 3 amide bonds. The van der Waals surface area contributed by atoms with E-state index in [0.717, 1.165) is 17.7 Å². The van der Waals surface area contributed by atoms with Gasteiger partial charge in [-0.05, 0) is 68.0 Å². The van der Waals surface area contributed by atoms with Crippen LogP contribution < -0.4 is 5.32 Å². The summed E-state index contributed by atoms with van der Waals surface area (Å²) in [6.45, 7) is 2.13. The lowest BCUT2D eigenvalue weighted by Crippen LogP contribution is -2.53. The Hall–Kier alpha value is -3.14. The number of hydrogen-bond donors (Lipinski definition) is 1. The van der Waals surface area contributed by atoms with E-state index in [9.17, 15) is 31.9 Å². The van der Waals surface area contributed by atoms with Crippen molar-refractivity contribution in [2.75, 3.05) is 20.1 Å². The van der Waals surface area contributed by atoms with E-state index in [1.807, 2.05) is 0 Å². The van der Waals surface area contributed by atoms with Gasteiger partial charge in [0.2, 0.25) is 11.8 Å². The van der Waals surface area contributed by atoms with Crippen molar-refractivity contribution in [2.45, 2.75) is 63.2 Å². The van der Waals surface area contributed by atoms with Crippen LogP contribution in [0.2, 0.25) is 5.02 Å². The maximum absolute atomic E-state index is 13.7. The van der Waals surface area contributed by atoms with Gasteiger partial charge in [-0.25, -0.2) is 4.39 Å². The van der Waals surface area contributed by atoms with E-state index in [1.165, 1.54) is 37.1 Å². The second kappa shape index (κ2) is 12.2. The van der Waals surface area contributed by atoms with Crippen molar-refractivity contribution in [1.82, 2.24) is 15.1 Å². The number of halogens is 5. The van der Waals surface area contributed by atoms with Crippen molar-refractivity contribution in [3.05, 3.63) is 70.0 Å². The standard InChI is InChI=1S/C29H32ClF4N3O3/c1-17(38)35-22-10-5-19(6-11-22)28(40)37-14-13-26(23(16-37)18-3-8-21(31)9-4-18)36(2)27(39)20-7-12-25(30)24(15-20)29(32,33)34/h3-4,7-9,12,15,19,22-23,26H,5-6,10-11,13-14,16H2,1-2H3,(H,35,38). The molecule has 6 nitrogen and oxygen atoms in total. The van der Waals surface area contributed by atoms with Gasteiger partial charge in [-0.3, -0.25) is 14.4 Å². The number of likely N-dealkylation sites (N-methyl/N-ethyl adjacent to an activating group) is 1. The minimum absolute atomic E-state index is 0.00772. The maximum atomic E-state index is 13.7. The molecule has 2 atom stereocenters. The van der Waals surface area contributed by atoms with Crippen LogP contribution in [0.25, 0.3) is 0 Å². The summed E-state index contributed by atoms with van der Waals surface area (Å²) in [5, 5.41) is 2.42. The van der Waals surface area contributed by atoms with Gasteiger partial charge in [0, 0.05) is 56.5 Å². The van der Waals surface area contributed by atoms with Crippen LogP contribution in [0.1, 0.15) is 66.4 Å². The van der Waals surface area contributed by atoms with Gasteiger partial charge in [-0.1, -0.05) is 23.7 Å². The van der Waals surface area contributed by atoms with Gasteiger partial charge >= 0.3 is 6.18 Å². The zero-order valence-corrected chi connectivity index (χ0v) is 23.1. The Labute approximate surface area is 235 Å². The molecule has 2 fully saturated rings. The molecule has 1 heterocycles. The first-order valence-electron chi connectivity index (χ1n) is 13.3. The first kappa shape index (κ1) is 29.8. The molecular weight excluding hydrogens is 550 g/mol. The molecule has 0 spiro atoms. The first-order valence-corrected chi connectivity index (χ1v) is 13.7. The minimum Gasteiger partial charge on any atom is -0.354 e. The van der Waals surface area contributed by atoms with E-state index >= 15 is 0 Å². The number of nitrogens with one attached hydrogen (secondary N) is 1. The normalized spacial score (nSPS) is 23.4. The van der Waals surface area contributed by atoms with Crippen LogP contribution in [0.3, 0.4) is 0 Å². The van der Waals surface area contributed by atoms with Crippen LogP contribution in [0.5, 0.6) is 0 Å². The van der Waals surface area contributed by atoms with Crippen LogP contribution in [-0.2, 0) is 15.8 Å². The highest BCUT2D eigenvalue weighted by atomic mass is 35.5. The van der Waals surface area contributed by atoms with Crippen molar-refractivity contribution < 1.29 is 31.9 Å². The number of hydrogen-bond acceptors (Lipinski definition) is 3. The number of alkyl halides is 3. The molecule has 1 N–H and O–H groups in total. The third-order valence-electron chi connectivity index (χ3n) is 8.01. The lowest BCUT2D eigenvalue weighted by Gasteiger charge is -2.44. The summed E-state index contributed by atoms with van der Waals surface area (Å²) < 4.78 is 54.0. The summed E-state index contributed by atoms with van der Waals surface area (Å²) >= 11 is 5.74. The third kappa shape index (κ3) is 6.77. The molecule has 11 heteroatoms. The van der Waals surface area contributed by atoms with Crippen molar-refractivity contribution in [1.29, 1.82) is 0 Å². The number of rotatable bonds is 5. The zero-order valence-electron chi connectivity index (χ0n) is 22.3. The van der Waals surface area contributed by atoms with Gasteiger partial charge < -0.3 is 15.1 Å². The fourth-order valence-corrected chi connectivity index (χ4v) is 6.13. The lowest BCUT2D eigenvalue weighted by molar-refractivity contribution is -0.139. The molecule has 4 rings (SSSR count). The maximum Gasteiger partial charge on any atom is 0.417 e. The van der Waals surface area contributed by atoms with Gasteiger partial charge in [0.05, 0.1) is 10.6 Å². The number of carbonyl (C=O) groups excluding carboxylic acids is 3. The summed E-state index contributed by atoms with van der Waals surface area (Å²) in [6, 6.07) is 8.55. The molecule has 0 aromatic heterocycles. The molecular formula is C29H32ClF4N3O3. The summed E-state index contributed by atoms with van der Waals surface area (Å²) in [7, 11) is 1.53. The largest absolute Gasteiger partial charge is 0.417 e. The van der Waals surface area contributed by atoms with Crippen molar-refractivity contribution >= 4 is 29.3 Å². The van der Waals surface area contributed by atoms with Crippen molar-refractivity contribution in [3.63, 3.8) is 0 Å². The minimum atomic E-state index is -4.71. The Bertz CT molecular complexity index is 1250. The van der Waals surface area contributed by atoms with Gasteiger partial charge in [0.15, 0.2) is 0 Å². The van der Waals surface area contributed by atoms with Crippen LogP contribution in [0.4, 0.5) is 17.6 Å². The van der Waals surface area contributed by atoms with Crippen LogP contribution >= 0.6 is 11.6 Å².